The molecule has 3 rings (SSSR count). The number of methoxy groups -OCH3 is 1. The lowest BCUT2D eigenvalue weighted by Crippen LogP contribution is -2.03. The summed E-state index contributed by atoms with van der Waals surface area (Å²) in [6.45, 7) is 1.23. The van der Waals surface area contributed by atoms with E-state index in [1.807, 2.05) is 18.2 Å². The number of aromatic nitrogens is 4. The third kappa shape index (κ3) is 3.12. The van der Waals surface area contributed by atoms with Gasteiger partial charge in [-0.15, -0.1) is 0 Å². The molecule has 0 bridgehead atoms. The highest BCUT2D eigenvalue weighted by Gasteiger charge is 2.08. The zero-order chi connectivity index (χ0) is 14.7. The zero-order valence-corrected chi connectivity index (χ0v) is 12.2. The first kappa shape index (κ1) is 13.8. The Morgan fingerprint density at radius 1 is 1.29 bits per heavy atom. The maximum atomic E-state index is 5.90. The van der Waals surface area contributed by atoms with Crippen molar-refractivity contribution in [2.75, 3.05) is 12.4 Å². The fourth-order valence-electron chi connectivity index (χ4n) is 2.12. The normalized spacial score (nSPS) is 11.0. The molecule has 0 amide bonds. The Morgan fingerprint density at radius 2 is 2.14 bits per heavy atom. The smallest absolute Gasteiger partial charge is 0.226 e. The summed E-state index contributed by atoms with van der Waals surface area (Å²) in [6.07, 6.45) is 1.68. The van der Waals surface area contributed by atoms with E-state index in [1.165, 1.54) is 0 Å². The van der Waals surface area contributed by atoms with E-state index in [2.05, 4.69) is 31.5 Å². The van der Waals surface area contributed by atoms with Crippen LogP contribution in [0, 0.1) is 0 Å². The van der Waals surface area contributed by atoms with Crippen LogP contribution in [0.5, 0.6) is 0 Å². The molecular weight excluding hydrogens is 290 g/mol. The average Bonchev–Trinajstić information content (AvgIpc) is 2.93. The molecule has 0 saturated heterocycles. The fourth-order valence-corrected chi connectivity index (χ4v) is 2.29. The Bertz CT molecular complexity index is 758. The van der Waals surface area contributed by atoms with E-state index >= 15 is 0 Å². The van der Waals surface area contributed by atoms with Crippen molar-refractivity contribution >= 4 is 28.5 Å². The summed E-state index contributed by atoms with van der Waals surface area (Å²) in [4.78, 5) is 8.28. The number of benzene rings is 1. The quantitative estimate of drug-likeness (QED) is 0.709. The summed E-state index contributed by atoms with van der Waals surface area (Å²) in [5.41, 5.74) is 2.88. The number of hydrogen-bond acceptors (Lipinski definition) is 5. The lowest BCUT2D eigenvalue weighted by molar-refractivity contribution is 0.185. The number of anilines is 1. The maximum Gasteiger partial charge on any atom is 0.226 e. The van der Waals surface area contributed by atoms with Gasteiger partial charge in [0.1, 0.15) is 5.82 Å². The molecule has 0 aliphatic heterocycles. The van der Waals surface area contributed by atoms with Crippen molar-refractivity contribution in [2.45, 2.75) is 13.2 Å². The monoisotopic (exact) mass is 303 g/mol. The topological polar surface area (TPSA) is 75.7 Å². The van der Waals surface area contributed by atoms with Crippen molar-refractivity contribution in [2.24, 2.45) is 0 Å². The molecule has 2 aromatic heterocycles. The summed E-state index contributed by atoms with van der Waals surface area (Å²) < 4.78 is 5.14. The molecule has 0 spiro atoms. The summed E-state index contributed by atoms with van der Waals surface area (Å²) in [6, 6.07) is 8.17. The van der Waals surface area contributed by atoms with Gasteiger partial charge in [-0.1, -0.05) is 24.3 Å². The number of nitrogens with zero attached hydrogens (tertiary/aromatic N) is 3. The molecule has 0 atom stereocenters. The van der Waals surface area contributed by atoms with E-state index in [4.69, 9.17) is 16.3 Å². The first-order chi connectivity index (χ1) is 10.3. The van der Waals surface area contributed by atoms with Crippen LogP contribution in [0.2, 0.25) is 5.28 Å². The molecular formula is C14H14ClN5O. The van der Waals surface area contributed by atoms with Crippen molar-refractivity contribution < 1.29 is 4.74 Å². The summed E-state index contributed by atoms with van der Waals surface area (Å²) in [5, 5.41) is 11.0. The Morgan fingerprint density at radius 3 is 3.00 bits per heavy atom. The van der Waals surface area contributed by atoms with Crippen LogP contribution in [0.3, 0.4) is 0 Å². The van der Waals surface area contributed by atoms with Gasteiger partial charge < -0.3 is 10.1 Å². The van der Waals surface area contributed by atoms with Gasteiger partial charge in [0.2, 0.25) is 5.28 Å². The molecule has 7 heteroatoms. The standard InChI is InChI=1S/C14H14ClN5O/c1-21-8-10-4-2-3-9(5-10)6-16-12-11-7-17-20-13(11)19-14(15)18-12/h2-5,7H,6,8H2,1H3,(H2,16,17,18,19,20). The van der Waals surface area contributed by atoms with Gasteiger partial charge in [0, 0.05) is 13.7 Å². The lowest BCUT2D eigenvalue weighted by atomic mass is 10.1. The van der Waals surface area contributed by atoms with Gasteiger partial charge >= 0.3 is 0 Å². The van der Waals surface area contributed by atoms with Crippen LogP contribution in [0.1, 0.15) is 11.1 Å². The van der Waals surface area contributed by atoms with Crippen molar-refractivity contribution in [3.63, 3.8) is 0 Å². The van der Waals surface area contributed by atoms with E-state index in [0.717, 1.165) is 16.5 Å². The van der Waals surface area contributed by atoms with E-state index in [1.54, 1.807) is 13.3 Å². The number of fused-ring (bicyclic) bond motifs is 1. The Kier molecular flexibility index (Phi) is 3.98. The molecule has 6 nitrogen and oxygen atoms in total. The molecule has 0 unspecified atom stereocenters. The van der Waals surface area contributed by atoms with Gasteiger partial charge in [0.25, 0.3) is 0 Å². The molecule has 108 valence electrons. The third-order valence-corrected chi connectivity index (χ3v) is 3.21. The minimum atomic E-state index is 0.183. The number of rotatable bonds is 5. The second kappa shape index (κ2) is 6.07. The minimum absolute atomic E-state index is 0.183. The van der Waals surface area contributed by atoms with Crippen LogP contribution < -0.4 is 5.32 Å². The zero-order valence-electron chi connectivity index (χ0n) is 11.4. The molecule has 0 fully saturated rings. The molecule has 0 saturated carbocycles. The van der Waals surface area contributed by atoms with Crippen molar-refractivity contribution in [1.29, 1.82) is 0 Å². The second-order valence-electron chi connectivity index (χ2n) is 4.58. The molecule has 2 heterocycles. The minimum Gasteiger partial charge on any atom is -0.380 e. The van der Waals surface area contributed by atoms with Gasteiger partial charge in [0.15, 0.2) is 5.65 Å². The lowest BCUT2D eigenvalue weighted by Gasteiger charge is -2.08. The summed E-state index contributed by atoms with van der Waals surface area (Å²) in [7, 11) is 1.68. The van der Waals surface area contributed by atoms with Crippen molar-refractivity contribution in [3.05, 3.63) is 46.9 Å². The van der Waals surface area contributed by atoms with Gasteiger partial charge in [-0.05, 0) is 22.7 Å². The number of aromatic amines is 1. The van der Waals surface area contributed by atoms with Gasteiger partial charge in [-0.2, -0.15) is 15.1 Å². The third-order valence-electron chi connectivity index (χ3n) is 3.04. The van der Waals surface area contributed by atoms with Gasteiger partial charge in [-0.3, -0.25) is 5.10 Å². The van der Waals surface area contributed by atoms with Crippen LogP contribution in [0.15, 0.2) is 30.5 Å². The molecule has 0 radical (unpaired) electrons. The van der Waals surface area contributed by atoms with E-state index in [0.29, 0.717) is 24.6 Å². The number of nitrogens with one attached hydrogen (secondary N) is 2. The molecule has 2 N–H and O–H groups in total. The molecule has 0 aliphatic rings. The van der Waals surface area contributed by atoms with E-state index < -0.39 is 0 Å². The highest BCUT2D eigenvalue weighted by Crippen LogP contribution is 2.20. The number of H-pyrrole nitrogens is 1. The Balaban J connectivity index is 1.80. The average molecular weight is 304 g/mol. The summed E-state index contributed by atoms with van der Waals surface area (Å²) >= 11 is 5.90. The predicted molar refractivity (Wildman–Crippen MR) is 81.2 cm³/mol. The highest BCUT2D eigenvalue weighted by atomic mass is 35.5. The van der Waals surface area contributed by atoms with Crippen LogP contribution in [0.25, 0.3) is 11.0 Å². The maximum absolute atomic E-state index is 5.90. The SMILES string of the molecule is COCc1cccc(CNc2nc(Cl)nc3[nH]ncc23)c1. The van der Waals surface area contributed by atoms with Crippen LogP contribution >= 0.6 is 11.6 Å². The van der Waals surface area contributed by atoms with Gasteiger partial charge in [0.05, 0.1) is 18.2 Å². The number of halogens is 1. The molecule has 1 aromatic carbocycles. The fraction of sp³-hybridized carbons (Fsp3) is 0.214. The Hall–Kier alpha value is -2.18. The highest BCUT2D eigenvalue weighted by molar-refractivity contribution is 6.28. The number of ether oxygens (including phenoxy) is 1. The second-order valence-corrected chi connectivity index (χ2v) is 4.92. The van der Waals surface area contributed by atoms with Crippen LogP contribution in [0.4, 0.5) is 5.82 Å². The first-order valence-electron chi connectivity index (χ1n) is 6.43. The van der Waals surface area contributed by atoms with Gasteiger partial charge in [-0.25, -0.2) is 0 Å². The largest absolute Gasteiger partial charge is 0.380 e. The molecule has 3 aromatic rings. The Labute approximate surface area is 126 Å². The first-order valence-corrected chi connectivity index (χ1v) is 6.81. The van der Waals surface area contributed by atoms with Crippen molar-refractivity contribution in [3.8, 4) is 0 Å². The molecule has 0 aliphatic carbocycles. The van der Waals surface area contributed by atoms with Crippen LogP contribution in [-0.2, 0) is 17.9 Å². The van der Waals surface area contributed by atoms with E-state index in [-0.39, 0.29) is 5.28 Å². The number of hydrogen-bond donors (Lipinski definition) is 2. The summed E-state index contributed by atoms with van der Waals surface area (Å²) in [5.74, 6) is 0.663. The van der Waals surface area contributed by atoms with E-state index in [9.17, 15) is 0 Å². The molecule has 21 heavy (non-hydrogen) atoms. The predicted octanol–water partition coefficient (Wildman–Crippen LogP) is 2.76. The van der Waals surface area contributed by atoms with Crippen molar-refractivity contribution in [1.82, 2.24) is 20.2 Å². The van der Waals surface area contributed by atoms with Crippen LogP contribution in [-0.4, -0.2) is 27.3 Å².